The van der Waals surface area contributed by atoms with Crippen molar-refractivity contribution in [3.05, 3.63) is 40.9 Å². The number of carbonyl (C=O) groups is 1. The van der Waals surface area contributed by atoms with Crippen LogP contribution in [0.4, 0.5) is 0 Å². The van der Waals surface area contributed by atoms with Gasteiger partial charge in [0.15, 0.2) is 0 Å². The number of pyridine rings is 1. The second kappa shape index (κ2) is 3.82. The van der Waals surface area contributed by atoms with Crippen molar-refractivity contribution in [2.24, 2.45) is 0 Å². The van der Waals surface area contributed by atoms with Crippen LogP contribution in [0.1, 0.15) is 10.4 Å². The van der Waals surface area contributed by atoms with Crippen molar-refractivity contribution in [3.63, 3.8) is 0 Å². The van der Waals surface area contributed by atoms with E-state index in [1.807, 2.05) is 0 Å². The zero-order valence-corrected chi connectivity index (χ0v) is 9.05. The van der Waals surface area contributed by atoms with Crippen molar-refractivity contribution in [3.8, 4) is 5.69 Å². The molecule has 76 valence electrons. The van der Waals surface area contributed by atoms with Gasteiger partial charge < -0.3 is 5.11 Å². The van der Waals surface area contributed by atoms with Crippen LogP contribution in [-0.2, 0) is 0 Å². The predicted molar refractivity (Wildman–Crippen MR) is 56.0 cm³/mol. The van der Waals surface area contributed by atoms with Crippen LogP contribution < -0.4 is 0 Å². The fraction of sp³-hybridized carbons (Fsp3) is 0. The minimum absolute atomic E-state index is 0.151. The van der Waals surface area contributed by atoms with Crippen LogP contribution in [0.3, 0.4) is 0 Å². The quantitative estimate of drug-likeness (QED) is 0.842. The maximum Gasteiger partial charge on any atom is 0.338 e. The molecule has 6 heteroatoms. The van der Waals surface area contributed by atoms with Crippen molar-refractivity contribution in [2.75, 3.05) is 0 Å². The third-order valence-corrected chi connectivity index (χ3v) is 2.27. The fourth-order valence-electron chi connectivity index (χ4n) is 1.08. The second-order valence-electron chi connectivity index (χ2n) is 2.82. The van der Waals surface area contributed by atoms with Gasteiger partial charge in [0.1, 0.15) is 4.60 Å². The van der Waals surface area contributed by atoms with Gasteiger partial charge in [-0.1, -0.05) is 0 Å². The highest BCUT2D eigenvalue weighted by Crippen LogP contribution is 2.10. The summed E-state index contributed by atoms with van der Waals surface area (Å²) >= 11 is 3.21. The molecule has 0 fully saturated rings. The van der Waals surface area contributed by atoms with Gasteiger partial charge in [0.2, 0.25) is 0 Å². The summed E-state index contributed by atoms with van der Waals surface area (Å²) in [6.45, 7) is 0. The first kappa shape index (κ1) is 9.85. The molecule has 0 aliphatic carbocycles. The van der Waals surface area contributed by atoms with E-state index >= 15 is 0 Å². The molecule has 0 amide bonds. The molecule has 1 N–H and O–H groups in total. The molecule has 15 heavy (non-hydrogen) atoms. The van der Waals surface area contributed by atoms with Crippen molar-refractivity contribution >= 4 is 21.9 Å². The molecule has 0 aromatic carbocycles. The van der Waals surface area contributed by atoms with Gasteiger partial charge in [0.05, 0.1) is 23.6 Å². The molecule has 0 saturated heterocycles. The third-order valence-electron chi connectivity index (χ3n) is 1.81. The maximum atomic E-state index is 10.6. The minimum atomic E-state index is -0.994. The lowest BCUT2D eigenvalue weighted by atomic mass is 10.4. The topological polar surface area (TPSA) is 68.0 Å². The zero-order valence-electron chi connectivity index (χ0n) is 7.46. The Morgan fingerprint density at radius 1 is 1.40 bits per heavy atom. The summed E-state index contributed by atoms with van der Waals surface area (Å²) in [5.41, 5.74) is 0.864. The van der Waals surface area contributed by atoms with E-state index in [4.69, 9.17) is 5.11 Å². The standard InChI is InChI=1S/C9H6BrN3O2/c10-8-2-1-7(4-11-8)13-5-6(3-12-13)9(14)15/h1-5H,(H,14,15). The summed E-state index contributed by atoms with van der Waals surface area (Å²) in [6.07, 6.45) is 4.33. The molecule has 0 atom stereocenters. The predicted octanol–water partition coefficient (Wildman–Crippen LogP) is 1.73. The average molecular weight is 268 g/mol. The van der Waals surface area contributed by atoms with Gasteiger partial charge in [-0.2, -0.15) is 5.10 Å². The molecule has 2 aromatic rings. The van der Waals surface area contributed by atoms with Crippen LogP contribution in [0.25, 0.3) is 5.69 Å². The number of nitrogens with zero attached hydrogens (tertiary/aromatic N) is 3. The van der Waals surface area contributed by atoms with Gasteiger partial charge >= 0.3 is 5.97 Å². The van der Waals surface area contributed by atoms with Crippen molar-refractivity contribution < 1.29 is 9.90 Å². The fourth-order valence-corrected chi connectivity index (χ4v) is 1.31. The van der Waals surface area contributed by atoms with Crippen LogP contribution in [0, 0.1) is 0 Å². The molecule has 0 spiro atoms. The lowest BCUT2D eigenvalue weighted by Gasteiger charge is -1.99. The Labute approximate surface area is 93.5 Å². The second-order valence-corrected chi connectivity index (χ2v) is 3.63. The lowest BCUT2D eigenvalue weighted by molar-refractivity contribution is 0.0697. The first-order chi connectivity index (χ1) is 7.16. The molecule has 2 rings (SSSR count). The minimum Gasteiger partial charge on any atom is -0.478 e. The average Bonchev–Trinajstić information content (AvgIpc) is 2.68. The summed E-state index contributed by atoms with van der Waals surface area (Å²) in [5, 5.41) is 12.6. The largest absolute Gasteiger partial charge is 0.478 e. The van der Waals surface area contributed by atoms with Gasteiger partial charge in [0.25, 0.3) is 0 Å². The molecule has 0 unspecified atom stereocenters. The summed E-state index contributed by atoms with van der Waals surface area (Å²) < 4.78 is 2.18. The van der Waals surface area contributed by atoms with Crippen LogP contribution >= 0.6 is 15.9 Å². The van der Waals surface area contributed by atoms with Gasteiger partial charge in [-0.3, -0.25) is 0 Å². The van der Waals surface area contributed by atoms with E-state index in [0.717, 1.165) is 4.60 Å². The van der Waals surface area contributed by atoms with E-state index in [9.17, 15) is 4.79 Å². The molecule has 0 saturated carbocycles. The van der Waals surface area contributed by atoms with Gasteiger partial charge in [-0.05, 0) is 28.1 Å². The molecule has 0 bridgehead atoms. The monoisotopic (exact) mass is 267 g/mol. The molecule has 0 aliphatic heterocycles. The molecule has 2 aromatic heterocycles. The number of aromatic nitrogens is 3. The molecular formula is C9H6BrN3O2. The highest BCUT2D eigenvalue weighted by atomic mass is 79.9. The van der Waals surface area contributed by atoms with E-state index in [0.29, 0.717) is 5.69 Å². The van der Waals surface area contributed by atoms with Gasteiger partial charge in [-0.15, -0.1) is 0 Å². The van der Waals surface area contributed by atoms with Gasteiger partial charge in [0, 0.05) is 6.20 Å². The highest BCUT2D eigenvalue weighted by Gasteiger charge is 2.06. The summed E-state index contributed by atoms with van der Waals surface area (Å²) in [7, 11) is 0. The SMILES string of the molecule is O=C(O)c1cnn(-c2ccc(Br)nc2)c1. The smallest absolute Gasteiger partial charge is 0.338 e. The first-order valence-corrected chi connectivity index (χ1v) is 4.86. The molecule has 5 nitrogen and oxygen atoms in total. The third kappa shape index (κ3) is 2.04. The number of hydrogen-bond donors (Lipinski definition) is 1. The molecule has 2 heterocycles. The summed E-state index contributed by atoms with van der Waals surface area (Å²) in [4.78, 5) is 14.6. The number of hydrogen-bond acceptors (Lipinski definition) is 3. The molecule has 0 radical (unpaired) electrons. The van der Waals surface area contributed by atoms with Crippen LogP contribution in [0.2, 0.25) is 0 Å². The van der Waals surface area contributed by atoms with Gasteiger partial charge in [-0.25, -0.2) is 14.5 Å². The van der Waals surface area contributed by atoms with Crippen molar-refractivity contribution in [1.82, 2.24) is 14.8 Å². The molecule has 0 aliphatic rings. The Hall–Kier alpha value is -1.69. The lowest BCUT2D eigenvalue weighted by Crippen LogP contribution is -1.96. The normalized spacial score (nSPS) is 10.2. The number of rotatable bonds is 2. The number of halogens is 1. The van der Waals surface area contributed by atoms with E-state index in [-0.39, 0.29) is 5.56 Å². The zero-order chi connectivity index (χ0) is 10.8. The van der Waals surface area contributed by atoms with Crippen LogP contribution in [-0.4, -0.2) is 25.8 Å². The number of carboxylic acids is 1. The Bertz CT molecular complexity index is 492. The Morgan fingerprint density at radius 3 is 2.73 bits per heavy atom. The summed E-state index contributed by atoms with van der Waals surface area (Å²) in [6, 6.07) is 3.55. The Kier molecular flexibility index (Phi) is 2.51. The van der Waals surface area contributed by atoms with Crippen LogP contribution in [0.5, 0.6) is 0 Å². The Balaban J connectivity index is 2.37. The first-order valence-electron chi connectivity index (χ1n) is 4.07. The van der Waals surface area contributed by atoms with E-state index in [1.165, 1.54) is 17.1 Å². The van der Waals surface area contributed by atoms with Crippen LogP contribution in [0.15, 0.2) is 35.3 Å². The van der Waals surface area contributed by atoms with E-state index in [2.05, 4.69) is 26.0 Å². The molecular weight excluding hydrogens is 262 g/mol. The van der Waals surface area contributed by atoms with E-state index < -0.39 is 5.97 Å². The number of carboxylic acid groups (broad SMARTS) is 1. The number of aromatic carboxylic acids is 1. The van der Waals surface area contributed by atoms with Crippen molar-refractivity contribution in [2.45, 2.75) is 0 Å². The van der Waals surface area contributed by atoms with E-state index in [1.54, 1.807) is 18.3 Å². The van der Waals surface area contributed by atoms with Crippen molar-refractivity contribution in [1.29, 1.82) is 0 Å². The Morgan fingerprint density at radius 2 is 2.20 bits per heavy atom. The maximum absolute atomic E-state index is 10.6. The summed E-state index contributed by atoms with van der Waals surface area (Å²) in [5.74, 6) is -0.994. The highest BCUT2D eigenvalue weighted by molar-refractivity contribution is 9.10.